The molecule has 2 heterocycles. The lowest BCUT2D eigenvalue weighted by atomic mass is 9.79. The van der Waals surface area contributed by atoms with Gasteiger partial charge in [0, 0.05) is 30.9 Å². The van der Waals surface area contributed by atoms with Crippen molar-refractivity contribution >= 4 is 17.8 Å². The lowest BCUT2D eigenvalue weighted by molar-refractivity contribution is -0.262. The SMILES string of the molecule is O=C1CCC[C@@H]2C[C@H](C[C@](O)(CCc3ccccc3)O2)c2c(cc(O)c(C(=O)/C=C/c3ccccc3)c2O)O1. The predicted octanol–water partition coefficient (Wildman–Crippen LogP) is 5.67. The van der Waals surface area contributed by atoms with Crippen molar-refractivity contribution in [1.29, 1.82) is 0 Å². The standard InChI is InChI=1S/C32H32O7/c33-25(15-14-21-8-3-1-4-9-21)30-26(34)19-27-29(31(30)36)23-18-24(12-7-13-28(35)38-27)39-32(37,20-23)17-16-22-10-5-2-6-11-22/h1-6,8-11,14-15,19,23-24,34,36-37H,7,12-13,16-18,20H2/b15-14+/t23-,24-,32+/m1/s1. The molecule has 202 valence electrons. The van der Waals surface area contributed by atoms with Gasteiger partial charge in [-0.1, -0.05) is 66.7 Å². The van der Waals surface area contributed by atoms with Crippen molar-refractivity contribution in [3.05, 3.63) is 95.1 Å². The number of phenols is 2. The maximum Gasteiger partial charge on any atom is 0.311 e. The van der Waals surface area contributed by atoms with Gasteiger partial charge in [-0.3, -0.25) is 9.59 Å². The zero-order valence-corrected chi connectivity index (χ0v) is 21.6. The molecule has 0 radical (unpaired) electrons. The number of hydrogen-bond donors (Lipinski definition) is 3. The van der Waals surface area contributed by atoms with E-state index in [1.807, 2.05) is 60.7 Å². The molecular weight excluding hydrogens is 496 g/mol. The first-order valence-corrected chi connectivity index (χ1v) is 13.3. The average Bonchev–Trinajstić information content (AvgIpc) is 2.91. The molecule has 7 nitrogen and oxygen atoms in total. The number of aryl methyl sites for hydroxylation is 1. The van der Waals surface area contributed by atoms with Crippen LogP contribution in [0.2, 0.25) is 0 Å². The van der Waals surface area contributed by atoms with Crippen LogP contribution in [0.4, 0.5) is 0 Å². The molecule has 3 aromatic carbocycles. The van der Waals surface area contributed by atoms with E-state index in [1.54, 1.807) is 6.08 Å². The van der Waals surface area contributed by atoms with Crippen molar-refractivity contribution in [2.75, 3.05) is 0 Å². The van der Waals surface area contributed by atoms with E-state index in [0.29, 0.717) is 32.1 Å². The number of ketones is 1. The Morgan fingerprint density at radius 3 is 2.51 bits per heavy atom. The average molecular weight is 529 g/mol. The maximum absolute atomic E-state index is 13.2. The summed E-state index contributed by atoms with van der Waals surface area (Å²) in [6, 6.07) is 20.2. The molecule has 2 bridgehead atoms. The third-order valence-corrected chi connectivity index (χ3v) is 7.44. The molecule has 7 heteroatoms. The van der Waals surface area contributed by atoms with Crippen LogP contribution in [0.5, 0.6) is 17.2 Å². The topological polar surface area (TPSA) is 113 Å². The molecule has 0 aliphatic carbocycles. The van der Waals surface area contributed by atoms with Crippen LogP contribution in [-0.2, 0) is 16.0 Å². The Labute approximate surface area is 227 Å². The number of carbonyl (C=O) groups excluding carboxylic acids is 2. The minimum atomic E-state index is -1.48. The largest absolute Gasteiger partial charge is 0.507 e. The lowest BCUT2D eigenvalue weighted by Gasteiger charge is -2.42. The fourth-order valence-corrected chi connectivity index (χ4v) is 5.57. The summed E-state index contributed by atoms with van der Waals surface area (Å²) in [6.07, 6.45) is 5.22. The van der Waals surface area contributed by atoms with Crippen LogP contribution >= 0.6 is 0 Å². The van der Waals surface area contributed by atoms with Gasteiger partial charge in [0.05, 0.1) is 6.10 Å². The van der Waals surface area contributed by atoms with Crippen molar-refractivity contribution < 1.29 is 34.4 Å². The summed E-state index contributed by atoms with van der Waals surface area (Å²) in [6.45, 7) is 0. The Morgan fingerprint density at radius 1 is 1.05 bits per heavy atom. The normalized spacial score (nSPS) is 23.2. The molecule has 39 heavy (non-hydrogen) atoms. The number of allylic oxidation sites excluding steroid dienone is 1. The third kappa shape index (κ3) is 6.21. The van der Waals surface area contributed by atoms with Gasteiger partial charge in [-0.05, 0) is 48.8 Å². The van der Waals surface area contributed by atoms with Crippen LogP contribution in [0.15, 0.2) is 72.8 Å². The zero-order chi connectivity index (χ0) is 27.4. The molecule has 0 unspecified atom stereocenters. The Balaban J connectivity index is 1.51. The highest BCUT2D eigenvalue weighted by atomic mass is 16.6. The summed E-state index contributed by atoms with van der Waals surface area (Å²) >= 11 is 0. The van der Waals surface area contributed by atoms with Gasteiger partial charge in [-0.2, -0.15) is 0 Å². The van der Waals surface area contributed by atoms with Crippen LogP contribution in [0, 0.1) is 0 Å². The van der Waals surface area contributed by atoms with E-state index >= 15 is 0 Å². The van der Waals surface area contributed by atoms with E-state index < -0.39 is 35.0 Å². The van der Waals surface area contributed by atoms with E-state index in [4.69, 9.17) is 9.47 Å². The molecule has 3 N–H and O–H groups in total. The number of ether oxygens (including phenoxy) is 2. The van der Waals surface area contributed by atoms with E-state index in [-0.39, 0.29) is 35.8 Å². The van der Waals surface area contributed by atoms with E-state index in [1.165, 1.54) is 12.1 Å². The number of aromatic hydroxyl groups is 2. The van der Waals surface area contributed by atoms with Crippen molar-refractivity contribution in [1.82, 2.24) is 0 Å². The monoisotopic (exact) mass is 528 g/mol. The van der Waals surface area contributed by atoms with Gasteiger partial charge in [-0.25, -0.2) is 0 Å². The second-order valence-electron chi connectivity index (χ2n) is 10.3. The smallest absolute Gasteiger partial charge is 0.311 e. The van der Waals surface area contributed by atoms with Crippen molar-refractivity contribution in [2.45, 2.75) is 62.8 Å². The predicted molar refractivity (Wildman–Crippen MR) is 146 cm³/mol. The number of hydrogen-bond acceptors (Lipinski definition) is 7. The Morgan fingerprint density at radius 2 is 1.77 bits per heavy atom. The van der Waals surface area contributed by atoms with Crippen LogP contribution in [0.1, 0.15) is 71.5 Å². The molecule has 0 spiro atoms. The number of aliphatic hydroxyl groups is 1. The van der Waals surface area contributed by atoms with Crippen molar-refractivity contribution in [3.63, 3.8) is 0 Å². The molecule has 1 fully saturated rings. The number of phenolic OH excluding ortho intramolecular Hbond substituents is 2. The minimum absolute atomic E-state index is 0.00320. The minimum Gasteiger partial charge on any atom is -0.507 e. The molecule has 1 saturated heterocycles. The van der Waals surface area contributed by atoms with Gasteiger partial charge < -0.3 is 24.8 Å². The van der Waals surface area contributed by atoms with E-state index in [2.05, 4.69) is 0 Å². The Bertz CT molecular complexity index is 1370. The molecule has 3 atom stereocenters. The quantitative estimate of drug-likeness (QED) is 0.164. The van der Waals surface area contributed by atoms with E-state index in [0.717, 1.165) is 11.1 Å². The molecule has 0 saturated carbocycles. The van der Waals surface area contributed by atoms with Gasteiger partial charge in [0.15, 0.2) is 11.6 Å². The molecule has 0 amide bonds. The maximum atomic E-state index is 13.2. The third-order valence-electron chi connectivity index (χ3n) is 7.44. The van der Waals surface area contributed by atoms with Crippen molar-refractivity contribution in [2.24, 2.45) is 0 Å². The summed E-state index contributed by atoms with van der Waals surface area (Å²) in [5.74, 6) is -3.99. The number of rotatable bonds is 6. The van der Waals surface area contributed by atoms with Gasteiger partial charge in [0.2, 0.25) is 0 Å². The summed E-state index contributed by atoms with van der Waals surface area (Å²) < 4.78 is 11.7. The van der Waals surface area contributed by atoms with Gasteiger partial charge in [-0.15, -0.1) is 0 Å². The van der Waals surface area contributed by atoms with Crippen LogP contribution < -0.4 is 4.74 Å². The fourth-order valence-electron chi connectivity index (χ4n) is 5.57. The first-order chi connectivity index (χ1) is 18.8. The molecule has 3 aromatic rings. The second kappa shape index (κ2) is 11.4. The molecule has 2 aliphatic rings. The van der Waals surface area contributed by atoms with Gasteiger partial charge >= 0.3 is 5.97 Å². The molecule has 0 aromatic heterocycles. The Hall–Kier alpha value is -3.94. The number of esters is 1. The van der Waals surface area contributed by atoms with Gasteiger partial charge in [0.25, 0.3) is 0 Å². The number of carbonyl (C=O) groups is 2. The lowest BCUT2D eigenvalue weighted by Crippen LogP contribution is -2.44. The second-order valence-corrected chi connectivity index (χ2v) is 10.3. The van der Waals surface area contributed by atoms with Crippen LogP contribution in [-0.4, -0.2) is 39.0 Å². The summed E-state index contributed by atoms with van der Waals surface area (Å²) in [5.41, 5.74) is 1.80. The van der Waals surface area contributed by atoms with Crippen LogP contribution in [0.25, 0.3) is 6.08 Å². The highest BCUT2D eigenvalue weighted by Crippen LogP contribution is 2.50. The fraction of sp³-hybridized carbons (Fsp3) is 0.312. The van der Waals surface area contributed by atoms with Crippen molar-refractivity contribution in [3.8, 4) is 17.2 Å². The first kappa shape index (κ1) is 26.7. The number of fused-ring (bicyclic) bond motifs is 4. The van der Waals surface area contributed by atoms with Gasteiger partial charge in [0.1, 0.15) is 22.8 Å². The first-order valence-electron chi connectivity index (χ1n) is 13.3. The number of benzene rings is 3. The zero-order valence-electron chi connectivity index (χ0n) is 21.6. The molecular formula is C32H32O7. The van der Waals surface area contributed by atoms with Crippen LogP contribution in [0.3, 0.4) is 0 Å². The molecule has 5 rings (SSSR count). The Kier molecular flexibility index (Phi) is 7.82. The summed E-state index contributed by atoms with van der Waals surface area (Å²) in [5, 5.41) is 33.7. The van der Waals surface area contributed by atoms with E-state index in [9.17, 15) is 24.9 Å². The summed E-state index contributed by atoms with van der Waals surface area (Å²) in [7, 11) is 0. The summed E-state index contributed by atoms with van der Waals surface area (Å²) in [4.78, 5) is 25.7. The highest BCUT2D eigenvalue weighted by molar-refractivity contribution is 6.11. The molecule has 2 aliphatic heterocycles. The highest BCUT2D eigenvalue weighted by Gasteiger charge is 2.43.